The predicted molar refractivity (Wildman–Crippen MR) is 72.2 cm³/mol. The summed E-state index contributed by atoms with van der Waals surface area (Å²) in [6.07, 6.45) is 0. The van der Waals surface area contributed by atoms with Crippen LogP contribution in [0, 0.1) is 0 Å². The monoisotopic (exact) mass is 247 g/mol. The van der Waals surface area contributed by atoms with E-state index in [0.29, 0.717) is 13.1 Å². The van der Waals surface area contributed by atoms with E-state index >= 15 is 0 Å². The van der Waals surface area contributed by atoms with Crippen LogP contribution in [0.1, 0.15) is 5.56 Å². The van der Waals surface area contributed by atoms with E-state index in [1.807, 2.05) is 30.3 Å². The van der Waals surface area contributed by atoms with Crippen LogP contribution in [0.25, 0.3) is 0 Å². The minimum Gasteiger partial charge on any atom is -0.351 e. The van der Waals surface area contributed by atoms with Crippen LogP contribution in [-0.4, -0.2) is 55.5 Å². The van der Waals surface area contributed by atoms with Crippen LogP contribution in [-0.2, 0) is 11.3 Å². The number of hydrogen-bond acceptors (Lipinski definition) is 3. The van der Waals surface area contributed by atoms with Crippen LogP contribution in [0.15, 0.2) is 30.3 Å². The largest absolute Gasteiger partial charge is 0.351 e. The second-order valence-electron chi connectivity index (χ2n) is 4.84. The molecule has 1 saturated heterocycles. The second-order valence-corrected chi connectivity index (χ2v) is 4.84. The van der Waals surface area contributed by atoms with Gasteiger partial charge in [0, 0.05) is 32.7 Å². The molecule has 0 bridgehead atoms. The Balaban J connectivity index is 1.69. The van der Waals surface area contributed by atoms with Crippen molar-refractivity contribution >= 4 is 5.91 Å². The molecule has 4 heteroatoms. The molecule has 1 aliphatic rings. The fourth-order valence-corrected chi connectivity index (χ4v) is 2.06. The lowest BCUT2D eigenvalue weighted by Crippen LogP contribution is -2.48. The first-order valence-corrected chi connectivity index (χ1v) is 6.45. The van der Waals surface area contributed by atoms with Gasteiger partial charge in [0.25, 0.3) is 0 Å². The second kappa shape index (κ2) is 6.52. The number of piperazine rings is 1. The Morgan fingerprint density at radius 2 is 1.83 bits per heavy atom. The van der Waals surface area contributed by atoms with E-state index in [2.05, 4.69) is 22.2 Å². The maximum absolute atomic E-state index is 11.8. The fraction of sp³-hybridized carbons (Fsp3) is 0.500. The molecule has 18 heavy (non-hydrogen) atoms. The highest BCUT2D eigenvalue weighted by atomic mass is 16.2. The Morgan fingerprint density at radius 1 is 1.17 bits per heavy atom. The van der Waals surface area contributed by atoms with Crippen LogP contribution < -0.4 is 5.32 Å². The maximum Gasteiger partial charge on any atom is 0.234 e. The summed E-state index contributed by atoms with van der Waals surface area (Å²) in [6.45, 7) is 5.19. The molecule has 0 spiro atoms. The summed E-state index contributed by atoms with van der Waals surface area (Å²) in [7, 11) is 2.12. The van der Waals surface area contributed by atoms with Gasteiger partial charge in [-0.2, -0.15) is 0 Å². The Bertz CT molecular complexity index is 372. The van der Waals surface area contributed by atoms with E-state index < -0.39 is 0 Å². The third-order valence-corrected chi connectivity index (χ3v) is 3.30. The first-order chi connectivity index (χ1) is 8.74. The standard InChI is InChI=1S/C14H21N3O/c1-16-7-9-17(10-8-16)12-14(18)15-11-13-5-3-2-4-6-13/h2-6H,7-12H2,1H3,(H,15,18). The number of nitrogens with one attached hydrogen (secondary N) is 1. The van der Waals surface area contributed by atoms with E-state index in [1.165, 1.54) is 0 Å². The molecule has 0 aliphatic carbocycles. The van der Waals surface area contributed by atoms with Crippen molar-refractivity contribution in [2.45, 2.75) is 6.54 Å². The number of benzene rings is 1. The molecule has 1 N–H and O–H groups in total. The number of rotatable bonds is 4. The number of likely N-dealkylation sites (N-methyl/N-ethyl adjacent to an activating group) is 1. The van der Waals surface area contributed by atoms with E-state index in [0.717, 1.165) is 31.7 Å². The van der Waals surface area contributed by atoms with Gasteiger partial charge in [-0.3, -0.25) is 9.69 Å². The third kappa shape index (κ3) is 4.13. The quantitative estimate of drug-likeness (QED) is 0.844. The van der Waals surface area contributed by atoms with Crippen LogP contribution in [0.2, 0.25) is 0 Å². The lowest BCUT2D eigenvalue weighted by molar-refractivity contribution is -0.122. The van der Waals surface area contributed by atoms with Gasteiger partial charge in [-0.25, -0.2) is 0 Å². The first-order valence-electron chi connectivity index (χ1n) is 6.45. The number of nitrogens with zero attached hydrogens (tertiary/aromatic N) is 2. The van der Waals surface area contributed by atoms with Gasteiger partial charge in [0.2, 0.25) is 5.91 Å². The Morgan fingerprint density at radius 3 is 2.50 bits per heavy atom. The van der Waals surface area contributed by atoms with Crippen molar-refractivity contribution < 1.29 is 4.79 Å². The molecular formula is C14H21N3O. The normalized spacial score (nSPS) is 17.6. The summed E-state index contributed by atoms with van der Waals surface area (Å²) >= 11 is 0. The molecular weight excluding hydrogens is 226 g/mol. The van der Waals surface area contributed by atoms with Crippen molar-refractivity contribution in [3.8, 4) is 0 Å². The van der Waals surface area contributed by atoms with Gasteiger partial charge in [-0.1, -0.05) is 30.3 Å². The van der Waals surface area contributed by atoms with Gasteiger partial charge < -0.3 is 10.2 Å². The summed E-state index contributed by atoms with van der Waals surface area (Å²) in [5, 5.41) is 2.96. The zero-order valence-corrected chi connectivity index (χ0v) is 10.9. The molecule has 1 aliphatic heterocycles. The third-order valence-electron chi connectivity index (χ3n) is 3.30. The summed E-state index contributed by atoms with van der Waals surface area (Å²) in [4.78, 5) is 16.3. The topological polar surface area (TPSA) is 35.6 Å². The highest BCUT2D eigenvalue weighted by Gasteiger charge is 2.15. The molecule has 0 aromatic heterocycles. The molecule has 1 fully saturated rings. The molecule has 0 atom stereocenters. The molecule has 4 nitrogen and oxygen atoms in total. The average Bonchev–Trinajstić information content (AvgIpc) is 2.40. The molecule has 1 amide bonds. The van der Waals surface area contributed by atoms with Gasteiger partial charge in [-0.15, -0.1) is 0 Å². The Hall–Kier alpha value is -1.39. The highest BCUT2D eigenvalue weighted by Crippen LogP contribution is 1.99. The van der Waals surface area contributed by atoms with Crippen LogP contribution in [0.4, 0.5) is 0 Å². The van der Waals surface area contributed by atoms with E-state index in [-0.39, 0.29) is 5.91 Å². The number of carbonyl (C=O) groups is 1. The summed E-state index contributed by atoms with van der Waals surface area (Å²) < 4.78 is 0. The summed E-state index contributed by atoms with van der Waals surface area (Å²) in [5.74, 6) is 0.114. The van der Waals surface area contributed by atoms with Crippen LogP contribution >= 0.6 is 0 Å². The summed E-state index contributed by atoms with van der Waals surface area (Å²) in [6, 6.07) is 10.0. The van der Waals surface area contributed by atoms with Crippen LogP contribution in [0.3, 0.4) is 0 Å². The smallest absolute Gasteiger partial charge is 0.234 e. The molecule has 0 radical (unpaired) electrons. The van der Waals surface area contributed by atoms with E-state index in [1.54, 1.807) is 0 Å². The predicted octanol–water partition coefficient (Wildman–Crippen LogP) is 0.550. The lowest BCUT2D eigenvalue weighted by atomic mass is 10.2. The van der Waals surface area contributed by atoms with Crippen molar-refractivity contribution in [2.75, 3.05) is 39.8 Å². The molecule has 0 unspecified atom stereocenters. The maximum atomic E-state index is 11.8. The van der Waals surface area contributed by atoms with Crippen molar-refractivity contribution in [3.05, 3.63) is 35.9 Å². The minimum atomic E-state index is 0.114. The zero-order chi connectivity index (χ0) is 12.8. The SMILES string of the molecule is CN1CCN(CC(=O)NCc2ccccc2)CC1. The lowest BCUT2D eigenvalue weighted by Gasteiger charge is -2.31. The molecule has 0 saturated carbocycles. The van der Waals surface area contributed by atoms with Crippen molar-refractivity contribution in [1.82, 2.24) is 15.1 Å². The van der Waals surface area contributed by atoms with Crippen molar-refractivity contribution in [1.29, 1.82) is 0 Å². The minimum absolute atomic E-state index is 0.114. The van der Waals surface area contributed by atoms with Crippen molar-refractivity contribution in [3.63, 3.8) is 0 Å². The number of carbonyl (C=O) groups excluding carboxylic acids is 1. The molecule has 1 aromatic rings. The molecule has 1 aromatic carbocycles. The first kappa shape index (κ1) is 13.1. The van der Waals surface area contributed by atoms with Gasteiger partial charge in [0.15, 0.2) is 0 Å². The molecule has 98 valence electrons. The molecule has 2 rings (SSSR count). The van der Waals surface area contributed by atoms with Gasteiger partial charge in [-0.05, 0) is 12.6 Å². The van der Waals surface area contributed by atoms with Crippen LogP contribution in [0.5, 0.6) is 0 Å². The van der Waals surface area contributed by atoms with Gasteiger partial charge in [0.05, 0.1) is 6.54 Å². The fourth-order valence-electron chi connectivity index (χ4n) is 2.06. The van der Waals surface area contributed by atoms with E-state index in [9.17, 15) is 4.79 Å². The highest BCUT2D eigenvalue weighted by molar-refractivity contribution is 5.78. The van der Waals surface area contributed by atoms with Crippen molar-refractivity contribution in [2.24, 2.45) is 0 Å². The zero-order valence-electron chi connectivity index (χ0n) is 10.9. The van der Waals surface area contributed by atoms with Gasteiger partial charge in [0.1, 0.15) is 0 Å². The molecule has 1 heterocycles. The van der Waals surface area contributed by atoms with Gasteiger partial charge >= 0.3 is 0 Å². The summed E-state index contributed by atoms with van der Waals surface area (Å²) in [5.41, 5.74) is 1.14. The number of amides is 1. The average molecular weight is 247 g/mol. The van der Waals surface area contributed by atoms with E-state index in [4.69, 9.17) is 0 Å². The Labute approximate surface area is 109 Å². The number of hydrogen-bond donors (Lipinski definition) is 1. The Kier molecular flexibility index (Phi) is 4.73.